The zero-order valence-electron chi connectivity index (χ0n) is 10.7. The fourth-order valence-corrected chi connectivity index (χ4v) is 1.48. The molecule has 0 aromatic carbocycles. The van der Waals surface area contributed by atoms with Gasteiger partial charge in [0.15, 0.2) is 0 Å². The third kappa shape index (κ3) is 8.51. The minimum Gasteiger partial charge on any atom is -0.338 e. The molecule has 0 rings (SSSR count). The summed E-state index contributed by atoms with van der Waals surface area (Å²) in [4.78, 5) is 13.4. The first-order chi connectivity index (χ1) is 8.26. The van der Waals surface area contributed by atoms with Crippen molar-refractivity contribution in [3.05, 3.63) is 25.3 Å². The van der Waals surface area contributed by atoms with E-state index < -0.39 is 0 Å². The highest BCUT2D eigenvalue weighted by atomic mass is 16.2. The van der Waals surface area contributed by atoms with Gasteiger partial charge in [-0.05, 0) is 19.4 Å². The standard InChI is InChI=1S/C13H25N3O/c1-3-11-16(12-4-2)13(17)15-10-8-6-5-7-9-14/h3-4H,1-2,5-12,14H2,(H,15,17). The van der Waals surface area contributed by atoms with Gasteiger partial charge >= 0.3 is 6.03 Å². The van der Waals surface area contributed by atoms with E-state index in [1.165, 1.54) is 0 Å². The molecule has 3 N–H and O–H groups in total. The minimum atomic E-state index is -0.0522. The lowest BCUT2D eigenvalue weighted by Crippen LogP contribution is -2.40. The summed E-state index contributed by atoms with van der Waals surface area (Å²) in [7, 11) is 0. The van der Waals surface area contributed by atoms with Crippen LogP contribution in [0.5, 0.6) is 0 Å². The molecule has 0 bridgehead atoms. The Hall–Kier alpha value is -1.29. The monoisotopic (exact) mass is 239 g/mol. The molecule has 4 nitrogen and oxygen atoms in total. The second-order valence-electron chi connectivity index (χ2n) is 3.92. The van der Waals surface area contributed by atoms with E-state index in [4.69, 9.17) is 5.73 Å². The molecule has 0 aliphatic heterocycles. The van der Waals surface area contributed by atoms with Crippen molar-refractivity contribution in [1.82, 2.24) is 10.2 Å². The van der Waals surface area contributed by atoms with Crippen LogP contribution in [0.25, 0.3) is 0 Å². The van der Waals surface area contributed by atoms with Crippen LogP contribution >= 0.6 is 0 Å². The van der Waals surface area contributed by atoms with E-state index >= 15 is 0 Å². The lowest BCUT2D eigenvalue weighted by atomic mass is 10.2. The van der Waals surface area contributed by atoms with E-state index in [-0.39, 0.29) is 6.03 Å². The smallest absolute Gasteiger partial charge is 0.317 e. The van der Waals surface area contributed by atoms with Gasteiger partial charge < -0.3 is 16.0 Å². The maximum Gasteiger partial charge on any atom is 0.317 e. The van der Waals surface area contributed by atoms with Gasteiger partial charge in [0.25, 0.3) is 0 Å². The largest absolute Gasteiger partial charge is 0.338 e. The molecule has 98 valence electrons. The number of carbonyl (C=O) groups excluding carboxylic acids is 1. The molecule has 0 aromatic heterocycles. The zero-order chi connectivity index (χ0) is 12.9. The van der Waals surface area contributed by atoms with Crippen molar-refractivity contribution in [2.24, 2.45) is 5.73 Å². The van der Waals surface area contributed by atoms with Crippen LogP contribution < -0.4 is 11.1 Å². The summed E-state index contributed by atoms with van der Waals surface area (Å²) in [5, 5.41) is 2.89. The van der Waals surface area contributed by atoms with Gasteiger partial charge in [-0.25, -0.2) is 4.79 Å². The molecule has 17 heavy (non-hydrogen) atoms. The predicted octanol–water partition coefficient (Wildman–Crippen LogP) is 1.89. The van der Waals surface area contributed by atoms with Crippen molar-refractivity contribution in [2.45, 2.75) is 25.7 Å². The molecule has 0 aromatic rings. The number of unbranched alkanes of at least 4 members (excludes halogenated alkanes) is 3. The van der Waals surface area contributed by atoms with Gasteiger partial charge in [0.1, 0.15) is 0 Å². The molecule has 0 radical (unpaired) electrons. The van der Waals surface area contributed by atoms with Crippen molar-refractivity contribution in [1.29, 1.82) is 0 Å². The summed E-state index contributed by atoms with van der Waals surface area (Å²) < 4.78 is 0. The summed E-state index contributed by atoms with van der Waals surface area (Å²) in [6.45, 7) is 9.81. The van der Waals surface area contributed by atoms with Crippen molar-refractivity contribution < 1.29 is 4.79 Å². The molecule has 0 spiro atoms. The Morgan fingerprint density at radius 3 is 2.24 bits per heavy atom. The highest BCUT2D eigenvalue weighted by molar-refractivity contribution is 5.74. The summed E-state index contributed by atoms with van der Waals surface area (Å²) in [6.07, 6.45) is 7.74. The van der Waals surface area contributed by atoms with Crippen LogP contribution in [-0.2, 0) is 0 Å². The Labute approximate surface area is 105 Å². The molecule has 0 atom stereocenters. The van der Waals surface area contributed by atoms with Crippen LogP contribution in [0.3, 0.4) is 0 Å². The van der Waals surface area contributed by atoms with Gasteiger partial charge in [-0.15, -0.1) is 13.2 Å². The Bertz CT molecular complexity index is 219. The number of amides is 2. The van der Waals surface area contributed by atoms with Crippen LogP contribution in [0, 0.1) is 0 Å². The first-order valence-corrected chi connectivity index (χ1v) is 6.20. The van der Waals surface area contributed by atoms with Gasteiger partial charge in [0.05, 0.1) is 0 Å². The maximum absolute atomic E-state index is 11.7. The molecule has 0 aliphatic rings. The van der Waals surface area contributed by atoms with Gasteiger partial charge in [-0.2, -0.15) is 0 Å². The average Bonchev–Trinajstić information content (AvgIpc) is 2.33. The summed E-state index contributed by atoms with van der Waals surface area (Å²) >= 11 is 0. The van der Waals surface area contributed by atoms with E-state index in [9.17, 15) is 4.79 Å². The molecule has 4 heteroatoms. The third-order valence-electron chi connectivity index (χ3n) is 2.39. The van der Waals surface area contributed by atoms with E-state index in [0.29, 0.717) is 19.6 Å². The Morgan fingerprint density at radius 2 is 1.71 bits per heavy atom. The summed E-state index contributed by atoms with van der Waals surface area (Å²) in [5.41, 5.74) is 5.40. The Kier molecular flexibility index (Phi) is 10.4. The summed E-state index contributed by atoms with van der Waals surface area (Å²) in [5.74, 6) is 0. The fourth-order valence-electron chi connectivity index (χ4n) is 1.48. The van der Waals surface area contributed by atoms with Crippen LogP contribution in [0.2, 0.25) is 0 Å². The van der Waals surface area contributed by atoms with Crippen LogP contribution in [0.4, 0.5) is 4.79 Å². The SMILES string of the molecule is C=CCN(CC=C)C(=O)NCCCCCCN. The number of nitrogens with one attached hydrogen (secondary N) is 1. The van der Waals surface area contributed by atoms with Crippen molar-refractivity contribution in [3.63, 3.8) is 0 Å². The molecular formula is C13H25N3O. The minimum absolute atomic E-state index is 0.0522. The average molecular weight is 239 g/mol. The Balaban J connectivity index is 3.66. The predicted molar refractivity (Wildman–Crippen MR) is 72.9 cm³/mol. The van der Waals surface area contributed by atoms with Gasteiger partial charge in [0.2, 0.25) is 0 Å². The van der Waals surface area contributed by atoms with E-state index in [1.807, 2.05) is 0 Å². The highest BCUT2D eigenvalue weighted by Gasteiger charge is 2.08. The van der Waals surface area contributed by atoms with Gasteiger partial charge in [0, 0.05) is 19.6 Å². The number of hydrogen-bond acceptors (Lipinski definition) is 2. The van der Waals surface area contributed by atoms with Gasteiger partial charge in [-0.1, -0.05) is 25.0 Å². The molecule has 0 fully saturated rings. The number of nitrogens with zero attached hydrogens (tertiary/aromatic N) is 1. The fraction of sp³-hybridized carbons (Fsp3) is 0.615. The molecule has 0 saturated carbocycles. The van der Waals surface area contributed by atoms with Crippen molar-refractivity contribution in [3.8, 4) is 0 Å². The van der Waals surface area contributed by atoms with Crippen LogP contribution in [0.15, 0.2) is 25.3 Å². The van der Waals surface area contributed by atoms with E-state index in [1.54, 1.807) is 17.1 Å². The second-order valence-corrected chi connectivity index (χ2v) is 3.92. The second kappa shape index (κ2) is 11.2. The normalized spacial score (nSPS) is 9.71. The Morgan fingerprint density at radius 1 is 1.12 bits per heavy atom. The highest BCUT2D eigenvalue weighted by Crippen LogP contribution is 1.98. The number of nitrogens with two attached hydrogens (primary N) is 1. The van der Waals surface area contributed by atoms with Crippen LogP contribution in [-0.4, -0.2) is 37.1 Å². The number of rotatable bonds is 10. The lowest BCUT2D eigenvalue weighted by Gasteiger charge is -2.19. The van der Waals surface area contributed by atoms with Gasteiger partial charge in [-0.3, -0.25) is 0 Å². The maximum atomic E-state index is 11.7. The van der Waals surface area contributed by atoms with Crippen LogP contribution in [0.1, 0.15) is 25.7 Å². The molecule has 0 saturated heterocycles. The molecule has 0 aliphatic carbocycles. The quantitative estimate of drug-likeness (QED) is 0.452. The molecule has 2 amide bonds. The van der Waals surface area contributed by atoms with Crippen molar-refractivity contribution >= 4 is 6.03 Å². The summed E-state index contributed by atoms with van der Waals surface area (Å²) in [6, 6.07) is -0.0522. The number of urea groups is 1. The lowest BCUT2D eigenvalue weighted by molar-refractivity contribution is 0.208. The third-order valence-corrected chi connectivity index (χ3v) is 2.39. The molecular weight excluding hydrogens is 214 g/mol. The number of carbonyl (C=O) groups is 1. The first-order valence-electron chi connectivity index (χ1n) is 6.20. The van der Waals surface area contributed by atoms with E-state index in [0.717, 1.165) is 32.2 Å². The zero-order valence-corrected chi connectivity index (χ0v) is 10.7. The first kappa shape index (κ1) is 15.7. The molecule has 0 unspecified atom stereocenters. The topological polar surface area (TPSA) is 58.4 Å². The van der Waals surface area contributed by atoms with Crippen molar-refractivity contribution in [2.75, 3.05) is 26.2 Å². The molecule has 0 heterocycles. The van der Waals surface area contributed by atoms with E-state index in [2.05, 4.69) is 18.5 Å². The number of hydrogen-bond donors (Lipinski definition) is 2.